The molecular formula is C30H55NO4. The van der Waals surface area contributed by atoms with Gasteiger partial charge in [0.1, 0.15) is 6.10 Å². The molecule has 5 heteroatoms. The highest BCUT2D eigenvalue weighted by Gasteiger charge is 2.26. The van der Waals surface area contributed by atoms with E-state index in [0.717, 1.165) is 57.8 Å². The maximum atomic E-state index is 12.2. The quantitative estimate of drug-likeness (QED) is 0.0909. The fourth-order valence-corrected chi connectivity index (χ4v) is 3.87. The number of amides is 1. The molecule has 0 saturated carbocycles. The minimum absolute atomic E-state index is 0.176. The number of aliphatic hydroxyl groups excluding tert-OH is 3. The van der Waals surface area contributed by atoms with Crippen LogP contribution in [0.5, 0.6) is 0 Å². The van der Waals surface area contributed by atoms with Crippen LogP contribution in [0.25, 0.3) is 0 Å². The largest absolute Gasteiger partial charge is 0.394 e. The van der Waals surface area contributed by atoms with Crippen LogP contribution in [0, 0.1) is 0 Å². The lowest BCUT2D eigenvalue weighted by Gasteiger charge is -2.26. The minimum atomic E-state index is -1.16. The van der Waals surface area contributed by atoms with Gasteiger partial charge < -0.3 is 20.6 Å². The Morgan fingerprint density at radius 3 is 1.86 bits per heavy atom. The molecule has 3 atom stereocenters. The maximum absolute atomic E-state index is 12.2. The Kier molecular flexibility index (Phi) is 24.6. The second-order valence-corrected chi connectivity index (χ2v) is 9.57. The zero-order valence-electron chi connectivity index (χ0n) is 22.7. The average Bonchev–Trinajstić information content (AvgIpc) is 2.86. The third-order valence-corrected chi connectivity index (χ3v) is 6.17. The van der Waals surface area contributed by atoms with E-state index in [2.05, 4.69) is 55.6 Å². The summed E-state index contributed by atoms with van der Waals surface area (Å²) in [6.07, 6.45) is 28.0. The standard InChI is InChI=1S/C30H55NO4/c1-3-5-7-9-11-13-15-17-19-21-23-25-29(34)31-27(26-32)30(35)28(33)24-22-20-18-16-14-12-10-8-6-4-2/h8-11,16,18,27-28,30,32-33,35H,3-7,12-15,17,19-26H2,1-2H3,(H,31,34)/b10-8+,11-9-,18-16+. The molecule has 204 valence electrons. The first kappa shape index (κ1) is 33.6. The van der Waals surface area contributed by atoms with Crippen LogP contribution in [-0.2, 0) is 4.79 Å². The van der Waals surface area contributed by atoms with Crippen molar-refractivity contribution in [2.45, 2.75) is 141 Å². The molecule has 0 bridgehead atoms. The van der Waals surface area contributed by atoms with Crippen molar-refractivity contribution in [3.8, 4) is 0 Å². The lowest BCUT2D eigenvalue weighted by Crippen LogP contribution is -2.50. The molecule has 0 radical (unpaired) electrons. The van der Waals surface area contributed by atoms with Gasteiger partial charge in [0.05, 0.1) is 18.8 Å². The number of hydrogen-bond donors (Lipinski definition) is 4. The van der Waals surface area contributed by atoms with E-state index in [-0.39, 0.29) is 12.5 Å². The number of allylic oxidation sites excluding steroid dienone is 6. The number of nitrogens with one attached hydrogen (secondary N) is 1. The predicted molar refractivity (Wildman–Crippen MR) is 148 cm³/mol. The van der Waals surface area contributed by atoms with Crippen LogP contribution in [0.2, 0.25) is 0 Å². The summed E-state index contributed by atoms with van der Waals surface area (Å²) >= 11 is 0. The first-order chi connectivity index (χ1) is 17.1. The molecule has 0 aromatic rings. The average molecular weight is 494 g/mol. The highest BCUT2D eigenvalue weighted by Crippen LogP contribution is 2.11. The van der Waals surface area contributed by atoms with Crippen LogP contribution in [-0.4, -0.2) is 46.1 Å². The summed E-state index contributed by atoms with van der Waals surface area (Å²) in [5.41, 5.74) is 0. The van der Waals surface area contributed by atoms with Gasteiger partial charge in [-0.25, -0.2) is 0 Å². The number of aliphatic hydroxyl groups is 3. The van der Waals surface area contributed by atoms with Crippen molar-refractivity contribution in [3.63, 3.8) is 0 Å². The van der Waals surface area contributed by atoms with Crippen LogP contribution < -0.4 is 5.32 Å². The minimum Gasteiger partial charge on any atom is -0.394 e. The number of hydrogen-bond acceptors (Lipinski definition) is 4. The van der Waals surface area contributed by atoms with Crippen LogP contribution in [0.4, 0.5) is 0 Å². The molecule has 0 spiro atoms. The number of carbonyl (C=O) groups is 1. The monoisotopic (exact) mass is 493 g/mol. The third-order valence-electron chi connectivity index (χ3n) is 6.17. The van der Waals surface area contributed by atoms with Gasteiger partial charge in [-0.1, -0.05) is 88.8 Å². The molecule has 0 aliphatic rings. The molecule has 0 aliphatic carbocycles. The van der Waals surface area contributed by atoms with E-state index in [0.29, 0.717) is 12.8 Å². The van der Waals surface area contributed by atoms with Gasteiger partial charge in [-0.05, 0) is 64.2 Å². The topological polar surface area (TPSA) is 89.8 Å². The van der Waals surface area contributed by atoms with Gasteiger partial charge in [-0.15, -0.1) is 0 Å². The van der Waals surface area contributed by atoms with Crippen LogP contribution in [0.3, 0.4) is 0 Å². The Morgan fingerprint density at radius 2 is 1.23 bits per heavy atom. The molecule has 0 saturated heterocycles. The molecule has 0 aromatic heterocycles. The normalized spacial score (nSPS) is 14.8. The van der Waals surface area contributed by atoms with E-state index in [4.69, 9.17) is 0 Å². The molecule has 0 aromatic carbocycles. The summed E-state index contributed by atoms with van der Waals surface area (Å²) in [4.78, 5) is 12.2. The molecule has 0 rings (SSSR count). The van der Waals surface area contributed by atoms with Gasteiger partial charge >= 0.3 is 0 Å². The lowest BCUT2D eigenvalue weighted by molar-refractivity contribution is -0.124. The van der Waals surface area contributed by atoms with Crippen LogP contribution in [0.15, 0.2) is 36.5 Å². The van der Waals surface area contributed by atoms with Crippen LogP contribution in [0.1, 0.15) is 123 Å². The first-order valence-corrected chi connectivity index (χ1v) is 14.3. The van der Waals surface area contributed by atoms with Crippen molar-refractivity contribution >= 4 is 5.91 Å². The fraction of sp³-hybridized carbons (Fsp3) is 0.767. The third kappa shape index (κ3) is 21.6. The maximum Gasteiger partial charge on any atom is 0.220 e. The van der Waals surface area contributed by atoms with Gasteiger partial charge in [-0.3, -0.25) is 4.79 Å². The summed E-state index contributed by atoms with van der Waals surface area (Å²) in [6, 6.07) is -0.831. The van der Waals surface area contributed by atoms with E-state index >= 15 is 0 Å². The second-order valence-electron chi connectivity index (χ2n) is 9.57. The van der Waals surface area contributed by atoms with E-state index < -0.39 is 18.2 Å². The molecule has 35 heavy (non-hydrogen) atoms. The Bertz CT molecular complexity index is 559. The molecule has 0 aliphatic heterocycles. The summed E-state index contributed by atoms with van der Waals surface area (Å²) in [5.74, 6) is -0.176. The highest BCUT2D eigenvalue weighted by atomic mass is 16.3. The Labute approximate surface area is 215 Å². The van der Waals surface area contributed by atoms with Gasteiger partial charge in [0, 0.05) is 6.42 Å². The summed E-state index contributed by atoms with van der Waals surface area (Å²) in [6.45, 7) is 3.99. The van der Waals surface area contributed by atoms with Gasteiger partial charge in [0.2, 0.25) is 5.91 Å². The first-order valence-electron chi connectivity index (χ1n) is 14.3. The molecule has 3 unspecified atom stereocenters. The summed E-state index contributed by atoms with van der Waals surface area (Å²) in [7, 11) is 0. The van der Waals surface area contributed by atoms with E-state index in [1.807, 2.05) is 0 Å². The number of carbonyl (C=O) groups excluding carboxylic acids is 1. The Hall–Kier alpha value is -1.43. The number of rotatable bonds is 24. The summed E-state index contributed by atoms with van der Waals surface area (Å²) < 4.78 is 0. The highest BCUT2D eigenvalue weighted by molar-refractivity contribution is 5.76. The predicted octanol–water partition coefficient (Wildman–Crippen LogP) is 6.53. The Morgan fingerprint density at radius 1 is 0.686 bits per heavy atom. The fourth-order valence-electron chi connectivity index (χ4n) is 3.87. The second kappa shape index (κ2) is 25.7. The molecule has 4 N–H and O–H groups in total. The van der Waals surface area contributed by atoms with Gasteiger partial charge in [-0.2, -0.15) is 0 Å². The van der Waals surface area contributed by atoms with Crippen molar-refractivity contribution in [1.82, 2.24) is 5.32 Å². The van der Waals surface area contributed by atoms with Crippen molar-refractivity contribution in [2.75, 3.05) is 6.61 Å². The van der Waals surface area contributed by atoms with E-state index in [9.17, 15) is 20.1 Å². The molecular weight excluding hydrogens is 438 g/mol. The van der Waals surface area contributed by atoms with Gasteiger partial charge in [0.25, 0.3) is 0 Å². The summed E-state index contributed by atoms with van der Waals surface area (Å²) in [5, 5.41) is 32.9. The SMILES string of the molecule is CCC/C=C/CC/C=C/CCCC(O)C(O)C(CO)NC(=O)CCCCCCC/C=C\CCCC. The molecule has 5 nitrogen and oxygen atoms in total. The molecule has 1 amide bonds. The number of unbranched alkanes of at least 4 members (excludes halogenated alkanes) is 10. The smallest absolute Gasteiger partial charge is 0.220 e. The van der Waals surface area contributed by atoms with E-state index in [1.165, 1.54) is 38.5 Å². The van der Waals surface area contributed by atoms with Gasteiger partial charge in [0.15, 0.2) is 0 Å². The van der Waals surface area contributed by atoms with Crippen molar-refractivity contribution in [1.29, 1.82) is 0 Å². The zero-order valence-corrected chi connectivity index (χ0v) is 22.7. The zero-order chi connectivity index (χ0) is 26.0. The lowest BCUT2D eigenvalue weighted by atomic mass is 10.0. The van der Waals surface area contributed by atoms with Crippen molar-refractivity contribution < 1.29 is 20.1 Å². The van der Waals surface area contributed by atoms with Crippen LogP contribution >= 0.6 is 0 Å². The molecule has 0 heterocycles. The molecule has 0 fully saturated rings. The van der Waals surface area contributed by atoms with Crippen molar-refractivity contribution in [3.05, 3.63) is 36.5 Å². The van der Waals surface area contributed by atoms with Crippen molar-refractivity contribution in [2.24, 2.45) is 0 Å². The Balaban J connectivity index is 3.90. The van der Waals surface area contributed by atoms with E-state index in [1.54, 1.807) is 0 Å².